The first-order chi connectivity index (χ1) is 13.0. The molecule has 136 valence electrons. The molecule has 0 saturated heterocycles. The van der Waals surface area contributed by atoms with Gasteiger partial charge in [-0.3, -0.25) is 0 Å². The first kappa shape index (κ1) is 18.5. The third-order valence-electron chi connectivity index (χ3n) is 4.08. The van der Waals surface area contributed by atoms with E-state index in [1.807, 2.05) is 36.4 Å². The van der Waals surface area contributed by atoms with Crippen molar-refractivity contribution in [3.63, 3.8) is 0 Å². The summed E-state index contributed by atoms with van der Waals surface area (Å²) in [6.45, 7) is 0. The minimum atomic E-state index is 0.490. The summed E-state index contributed by atoms with van der Waals surface area (Å²) < 4.78 is 11.8. The Morgan fingerprint density at radius 1 is 0.519 bits per heavy atom. The molecule has 0 aliphatic rings. The van der Waals surface area contributed by atoms with Crippen LogP contribution in [0.3, 0.4) is 0 Å². The topological polar surface area (TPSA) is 26.3 Å². The van der Waals surface area contributed by atoms with Crippen LogP contribution in [-0.4, -0.2) is 0 Å². The maximum absolute atomic E-state index is 6.08. The second kappa shape index (κ2) is 7.65. The van der Waals surface area contributed by atoms with Crippen LogP contribution in [0.1, 0.15) is 11.5 Å². The minimum Gasteiger partial charge on any atom is -0.461 e. The standard InChI is InChI=1S/C21H12Cl4O2/c22-16-5-1-12(9-18(16)24)20-7-3-14(26-20)11-15-4-8-21(27-15)13-2-6-17(23)19(25)10-13/h1-10H,11H2. The van der Waals surface area contributed by atoms with Crippen molar-refractivity contribution in [2.24, 2.45) is 0 Å². The van der Waals surface area contributed by atoms with Crippen molar-refractivity contribution in [1.82, 2.24) is 0 Å². The highest BCUT2D eigenvalue weighted by molar-refractivity contribution is 6.42. The van der Waals surface area contributed by atoms with Crippen molar-refractivity contribution in [3.8, 4) is 22.6 Å². The molecule has 0 unspecified atom stereocenters. The Morgan fingerprint density at radius 3 is 1.37 bits per heavy atom. The zero-order valence-corrected chi connectivity index (χ0v) is 16.8. The SMILES string of the molecule is Clc1ccc(-c2ccc(Cc3ccc(-c4ccc(Cl)c(Cl)c4)o3)o2)cc1Cl. The van der Waals surface area contributed by atoms with E-state index in [0.717, 1.165) is 34.2 Å². The van der Waals surface area contributed by atoms with E-state index in [2.05, 4.69) is 0 Å². The average Bonchev–Trinajstić information content (AvgIpc) is 3.30. The van der Waals surface area contributed by atoms with Crippen LogP contribution >= 0.6 is 46.4 Å². The number of hydrogen-bond acceptors (Lipinski definition) is 2. The lowest BCUT2D eigenvalue weighted by Crippen LogP contribution is -1.81. The van der Waals surface area contributed by atoms with E-state index >= 15 is 0 Å². The largest absolute Gasteiger partial charge is 0.461 e. The van der Waals surface area contributed by atoms with Crippen molar-refractivity contribution >= 4 is 46.4 Å². The van der Waals surface area contributed by atoms with Gasteiger partial charge in [-0.1, -0.05) is 46.4 Å². The fraction of sp³-hybridized carbons (Fsp3) is 0.0476. The van der Waals surface area contributed by atoms with Crippen molar-refractivity contribution in [1.29, 1.82) is 0 Å². The van der Waals surface area contributed by atoms with Crippen molar-refractivity contribution in [2.45, 2.75) is 6.42 Å². The summed E-state index contributed by atoms with van der Waals surface area (Å²) in [7, 11) is 0. The molecule has 0 fully saturated rings. The van der Waals surface area contributed by atoms with E-state index in [1.165, 1.54) is 0 Å². The summed E-state index contributed by atoms with van der Waals surface area (Å²) in [6.07, 6.45) is 0.530. The predicted molar refractivity (Wildman–Crippen MR) is 111 cm³/mol. The molecule has 0 spiro atoms. The molecule has 2 nitrogen and oxygen atoms in total. The van der Waals surface area contributed by atoms with Gasteiger partial charge in [0.25, 0.3) is 0 Å². The molecule has 0 aliphatic heterocycles. The monoisotopic (exact) mass is 436 g/mol. The van der Waals surface area contributed by atoms with E-state index in [9.17, 15) is 0 Å². The van der Waals surface area contributed by atoms with E-state index in [1.54, 1.807) is 24.3 Å². The second-order valence-electron chi connectivity index (χ2n) is 5.97. The summed E-state index contributed by atoms with van der Waals surface area (Å²) in [5.41, 5.74) is 1.73. The van der Waals surface area contributed by atoms with Crippen LogP contribution in [0.15, 0.2) is 69.5 Å². The van der Waals surface area contributed by atoms with Gasteiger partial charge in [0.15, 0.2) is 0 Å². The van der Waals surface area contributed by atoms with Gasteiger partial charge >= 0.3 is 0 Å². The first-order valence-electron chi connectivity index (χ1n) is 8.08. The number of furan rings is 2. The average molecular weight is 438 g/mol. The maximum Gasteiger partial charge on any atom is 0.134 e. The molecule has 4 aromatic rings. The molecule has 27 heavy (non-hydrogen) atoms. The van der Waals surface area contributed by atoms with Crippen LogP contribution in [0.2, 0.25) is 20.1 Å². The van der Waals surface area contributed by atoms with Crippen LogP contribution in [0.4, 0.5) is 0 Å². The van der Waals surface area contributed by atoms with Crippen LogP contribution in [0, 0.1) is 0 Å². The van der Waals surface area contributed by atoms with Gasteiger partial charge in [-0.15, -0.1) is 0 Å². The van der Waals surface area contributed by atoms with Crippen LogP contribution in [0.5, 0.6) is 0 Å². The molecule has 0 N–H and O–H groups in total. The normalized spacial score (nSPS) is 11.1. The highest BCUT2D eigenvalue weighted by Crippen LogP contribution is 2.32. The molecule has 0 amide bonds. The van der Waals surface area contributed by atoms with Gasteiger partial charge in [-0.25, -0.2) is 0 Å². The van der Waals surface area contributed by atoms with Gasteiger partial charge < -0.3 is 8.83 Å². The second-order valence-corrected chi connectivity index (χ2v) is 7.60. The van der Waals surface area contributed by atoms with Crippen LogP contribution in [0.25, 0.3) is 22.6 Å². The minimum absolute atomic E-state index is 0.490. The van der Waals surface area contributed by atoms with Crippen molar-refractivity contribution in [3.05, 3.63) is 92.3 Å². The van der Waals surface area contributed by atoms with Gasteiger partial charge in [0.2, 0.25) is 0 Å². The molecule has 0 saturated carbocycles. The van der Waals surface area contributed by atoms with E-state index in [4.69, 9.17) is 55.2 Å². The zero-order valence-electron chi connectivity index (χ0n) is 13.8. The van der Waals surface area contributed by atoms with Gasteiger partial charge in [-0.2, -0.15) is 0 Å². The predicted octanol–water partition coefficient (Wildman–Crippen LogP) is 8.41. The summed E-state index contributed by atoms with van der Waals surface area (Å²) in [4.78, 5) is 0. The van der Waals surface area contributed by atoms with Crippen molar-refractivity contribution < 1.29 is 8.83 Å². The molecule has 0 radical (unpaired) electrons. The third-order valence-corrected chi connectivity index (χ3v) is 5.56. The lowest BCUT2D eigenvalue weighted by Gasteiger charge is -2.01. The lowest BCUT2D eigenvalue weighted by molar-refractivity contribution is 0.487. The van der Waals surface area contributed by atoms with Crippen LogP contribution in [-0.2, 0) is 6.42 Å². The van der Waals surface area contributed by atoms with Crippen LogP contribution < -0.4 is 0 Å². The Kier molecular flexibility index (Phi) is 5.25. The quantitative estimate of drug-likeness (QED) is 0.320. The lowest BCUT2D eigenvalue weighted by atomic mass is 10.2. The third kappa shape index (κ3) is 4.04. The molecular formula is C21H12Cl4O2. The molecule has 4 rings (SSSR count). The summed E-state index contributed by atoms with van der Waals surface area (Å²) in [5.74, 6) is 3.01. The molecule has 2 heterocycles. The van der Waals surface area contributed by atoms with Gasteiger partial charge in [-0.05, 0) is 60.7 Å². The molecule has 2 aromatic heterocycles. The molecule has 6 heteroatoms. The number of hydrogen-bond donors (Lipinski definition) is 0. The summed E-state index contributed by atoms with van der Waals surface area (Å²) in [6, 6.07) is 18.4. The van der Waals surface area contributed by atoms with Crippen molar-refractivity contribution in [2.75, 3.05) is 0 Å². The highest BCUT2D eigenvalue weighted by atomic mass is 35.5. The van der Waals surface area contributed by atoms with Gasteiger partial charge in [0, 0.05) is 11.1 Å². The van der Waals surface area contributed by atoms with E-state index in [-0.39, 0.29) is 0 Å². The fourth-order valence-corrected chi connectivity index (χ4v) is 3.32. The Bertz CT molecular complexity index is 1020. The molecule has 2 aromatic carbocycles. The Hall–Kier alpha value is -1.84. The molecule has 0 atom stereocenters. The fourth-order valence-electron chi connectivity index (χ4n) is 2.73. The number of benzene rings is 2. The summed E-state index contributed by atoms with van der Waals surface area (Å²) >= 11 is 24.1. The summed E-state index contributed by atoms with van der Waals surface area (Å²) in [5, 5.41) is 2.00. The Labute approximate surface area is 176 Å². The number of halogens is 4. The Morgan fingerprint density at radius 2 is 0.963 bits per heavy atom. The highest BCUT2D eigenvalue weighted by Gasteiger charge is 2.11. The smallest absolute Gasteiger partial charge is 0.134 e. The molecular weight excluding hydrogens is 426 g/mol. The number of rotatable bonds is 4. The van der Waals surface area contributed by atoms with Gasteiger partial charge in [0.05, 0.1) is 26.5 Å². The first-order valence-corrected chi connectivity index (χ1v) is 9.59. The maximum atomic E-state index is 6.08. The molecule has 0 aliphatic carbocycles. The zero-order chi connectivity index (χ0) is 19.0. The van der Waals surface area contributed by atoms with Gasteiger partial charge in [0.1, 0.15) is 23.0 Å². The molecule has 0 bridgehead atoms. The Balaban J connectivity index is 1.53. The van der Waals surface area contributed by atoms with E-state index < -0.39 is 0 Å². The van der Waals surface area contributed by atoms with E-state index in [0.29, 0.717) is 26.5 Å².